The first-order chi connectivity index (χ1) is 3.00. The molecular weight excluding hydrogens is 177 g/mol. The van der Waals surface area contributed by atoms with E-state index in [1.54, 1.807) is 0 Å². The second kappa shape index (κ2) is 7.21. The second-order valence-corrected chi connectivity index (χ2v) is 1.28. The van der Waals surface area contributed by atoms with E-state index in [1.807, 2.05) is 0 Å². The molecule has 51 valence electrons. The molecule has 0 aromatic heterocycles. The molecule has 0 bridgehead atoms. The standard InChI is InChI=1S/H3N.H2O4S.O.V/c;1-5(2,3)4;;/h1H3;(H2,1,2,3,4);;. The molecule has 0 saturated carbocycles. The molecule has 0 spiro atoms. The van der Waals surface area contributed by atoms with E-state index in [-0.39, 0.29) is 6.15 Å². The fourth-order valence-corrected chi connectivity index (χ4v) is 0. The Balaban J connectivity index is -0.0000000750. The summed E-state index contributed by atoms with van der Waals surface area (Å²) >= 11 is 1.06. The Labute approximate surface area is 55.6 Å². The van der Waals surface area contributed by atoms with E-state index in [4.69, 9.17) is 21.2 Å². The minimum atomic E-state index is -4.92. The molecule has 0 aliphatic heterocycles. The average molecular weight is 182 g/mol. The van der Waals surface area contributed by atoms with E-state index in [2.05, 4.69) is 0 Å². The molecule has 0 fully saturated rings. The van der Waals surface area contributed by atoms with Gasteiger partial charge in [-0.1, -0.05) is 0 Å². The molecule has 5 N–H and O–H groups in total. The molecule has 0 aliphatic rings. The summed E-state index contributed by atoms with van der Waals surface area (Å²) < 4.78 is 41.0. The van der Waals surface area contributed by atoms with Crippen LogP contribution < -0.4 is 6.15 Å². The van der Waals surface area contributed by atoms with Gasteiger partial charge in [-0.15, -0.1) is 0 Å². The van der Waals surface area contributed by atoms with Crippen molar-refractivity contribution in [3.8, 4) is 0 Å². The molecule has 8 heteroatoms. The summed E-state index contributed by atoms with van der Waals surface area (Å²) in [6.07, 6.45) is 0. The van der Waals surface area contributed by atoms with Gasteiger partial charge in [-0.2, -0.15) is 0 Å². The number of quaternary nitrogens is 1. The van der Waals surface area contributed by atoms with Crippen molar-refractivity contribution >= 4 is 10.4 Å². The van der Waals surface area contributed by atoms with Gasteiger partial charge >= 0.3 is 21.0 Å². The fraction of sp³-hybridized carbons (Fsp3) is 0. The molecule has 0 rings (SSSR count). The van der Waals surface area contributed by atoms with Crippen molar-refractivity contribution < 1.29 is 38.6 Å². The summed E-state index contributed by atoms with van der Waals surface area (Å²) in [5.74, 6) is 0. The Bertz CT molecular complexity index is 106. The fourth-order valence-electron chi connectivity index (χ4n) is 0. The minimum absolute atomic E-state index is 0. The van der Waals surface area contributed by atoms with E-state index < -0.39 is 10.4 Å². The van der Waals surface area contributed by atoms with Crippen LogP contribution in [0.2, 0.25) is 0 Å². The van der Waals surface area contributed by atoms with E-state index in [0.717, 1.165) is 17.4 Å². The molecule has 0 atom stereocenters. The molecular formula is H5NO5SV. The van der Waals surface area contributed by atoms with Crippen molar-refractivity contribution in [3.05, 3.63) is 0 Å². The summed E-state index contributed by atoms with van der Waals surface area (Å²) in [7, 11) is -4.92. The zero-order valence-corrected chi connectivity index (χ0v) is 6.15. The Morgan fingerprint density at radius 2 is 1.38 bits per heavy atom. The molecule has 8 heavy (non-hydrogen) atoms. The first-order valence-electron chi connectivity index (χ1n) is 0.865. The van der Waals surface area contributed by atoms with Crippen LogP contribution >= 0.6 is 0 Å². The van der Waals surface area contributed by atoms with Crippen LogP contribution in [0.4, 0.5) is 0 Å². The molecule has 0 saturated heterocycles. The SMILES string of the molecule is O=S(=O)([O-])O.[NH4+].[O]=[V]. The molecule has 0 aliphatic carbocycles. The van der Waals surface area contributed by atoms with Crippen molar-refractivity contribution in [1.82, 2.24) is 6.15 Å². The van der Waals surface area contributed by atoms with Gasteiger partial charge in [-0.3, -0.25) is 4.55 Å². The first-order valence-corrected chi connectivity index (χ1v) is 2.80. The van der Waals surface area contributed by atoms with Crippen molar-refractivity contribution in [2.45, 2.75) is 0 Å². The van der Waals surface area contributed by atoms with Crippen molar-refractivity contribution in [1.29, 1.82) is 0 Å². The number of hydrogen-bond donors (Lipinski definition) is 2. The number of rotatable bonds is 0. The van der Waals surface area contributed by atoms with Crippen molar-refractivity contribution in [2.24, 2.45) is 0 Å². The van der Waals surface area contributed by atoms with Gasteiger partial charge < -0.3 is 10.7 Å². The maximum atomic E-state index is 8.63. The van der Waals surface area contributed by atoms with Crippen LogP contribution in [0.1, 0.15) is 0 Å². The summed E-state index contributed by atoms with van der Waals surface area (Å²) in [5, 5.41) is 0. The predicted molar refractivity (Wildman–Crippen MR) is 19.0 cm³/mol. The van der Waals surface area contributed by atoms with Crippen LogP contribution in [0.5, 0.6) is 0 Å². The Morgan fingerprint density at radius 3 is 1.38 bits per heavy atom. The summed E-state index contributed by atoms with van der Waals surface area (Å²) in [5.41, 5.74) is 0. The van der Waals surface area contributed by atoms with Crippen LogP contribution in [0.15, 0.2) is 0 Å². The topological polar surface area (TPSA) is 131 Å². The van der Waals surface area contributed by atoms with Crippen LogP contribution in [-0.4, -0.2) is 17.5 Å². The van der Waals surface area contributed by atoms with E-state index >= 15 is 0 Å². The van der Waals surface area contributed by atoms with E-state index in [0.29, 0.717) is 0 Å². The van der Waals surface area contributed by atoms with Gasteiger partial charge in [0.25, 0.3) is 0 Å². The molecule has 0 unspecified atom stereocenters. The zero-order valence-electron chi connectivity index (χ0n) is 3.94. The molecule has 0 aromatic rings. The molecule has 0 aromatic carbocycles. The summed E-state index contributed by atoms with van der Waals surface area (Å²) in [6.45, 7) is 0. The van der Waals surface area contributed by atoms with Gasteiger partial charge in [0.15, 0.2) is 0 Å². The molecule has 0 amide bonds. The van der Waals surface area contributed by atoms with Crippen molar-refractivity contribution in [3.63, 3.8) is 0 Å². The molecule has 0 radical (unpaired) electrons. The Morgan fingerprint density at radius 1 is 1.38 bits per heavy atom. The summed E-state index contributed by atoms with van der Waals surface area (Å²) in [4.78, 5) is 0. The van der Waals surface area contributed by atoms with E-state index in [9.17, 15) is 0 Å². The van der Waals surface area contributed by atoms with Gasteiger partial charge in [0.05, 0.1) is 0 Å². The van der Waals surface area contributed by atoms with Crippen LogP contribution in [0.3, 0.4) is 0 Å². The molecule has 0 heterocycles. The monoisotopic (exact) mass is 182 g/mol. The van der Waals surface area contributed by atoms with Gasteiger partial charge in [-0.25, -0.2) is 8.42 Å². The zero-order chi connectivity index (χ0) is 6.50. The predicted octanol–water partition coefficient (Wildman–Crippen LogP) is -0.740. The normalized spacial score (nSPS) is 7.62. The average Bonchev–Trinajstić information content (AvgIpc) is 1.36. The Kier molecular flexibility index (Phi) is 14.2. The van der Waals surface area contributed by atoms with Crippen LogP contribution in [0.25, 0.3) is 0 Å². The van der Waals surface area contributed by atoms with Gasteiger partial charge in [0.2, 0.25) is 10.4 Å². The first kappa shape index (κ1) is 15.7. The van der Waals surface area contributed by atoms with Gasteiger partial charge in [0, 0.05) is 0 Å². The van der Waals surface area contributed by atoms with E-state index in [1.165, 1.54) is 0 Å². The third-order valence-corrected chi connectivity index (χ3v) is 0. The Hall–Kier alpha value is 0.214. The quantitative estimate of drug-likeness (QED) is 0.376. The summed E-state index contributed by atoms with van der Waals surface area (Å²) in [6, 6.07) is 0. The molecule has 6 nitrogen and oxygen atoms in total. The third kappa shape index (κ3) is 3680. The van der Waals surface area contributed by atoms with Crippen molar-refractivity contribution in [2.75, 3.05) is 0 Å². The van der Waals surface area contributed by atoms with Crippen LogP contribution in [0, 0.1) is 0 Å². The third-order valence-electron chi connectivity index (χ3n) is 0. The maximum absolute atomic E-state index is 8.63. The van der Waals surface area contributed by atoms with Gasteiger partial charge in [-0.05, 0) is 0 Å². The number of hydrogen-bond acceptors (Lipinski definition) is 4. The second-order valence-electron chi connectivity index (χ2n) is 0.428. The van der Waals surface area contributed by atoms with Crippen LogP contribution in [-0.2, 0) is 31.4 Å². The van der Waals surface area contributed by atoms with Gasteiger partial charge in [0.1, 0.15) is 0 Å².